The maximum Gasteiger partial charge on any atom is 0.218 e. The van der Waals surface area contributed by atoms with E-state index in [1.165, 1.54) is 6.39 Å². The number of hydrogen-bond donors (Lipinski definition) is 2. The molecule has 12 heavy (non-hydrogen) atoms. The summed E-state index contributed by atoms with van der Waals surface area (Å²) in [4.78, 5) is 14.1. The van der Waals surface area contributed by atoms with Crippen molar-refractivity contribution in [1.29, 1.82) is 0 Å². The second-order valence-electron chi connectivity index (χ2n) is 2.24. The second-order valence-corrected chi connectivity index (χ2v) is 2.24. The van der Waals surface area contributed by atoms with E-state index in [0.717, 1.165) is 0 Å². The molecule has 0 unspecified atom stereocenters. The fourth-order valence-corrected chi connectivity index (χ4v) is 0.682. The van der Waals surface area contributed by atoms with Crippen molar-refractivity contribution in [2.75, 3.05) is 6.54 Å². The van der Waals surface area contributed by atoms with Crippen molar-refractivity contribution in [1.82, 2.24) is 15.5 Å². The minimum Gasteiger partial charge on any atom is -0.370 e. The summed E-state index contributed by atoms with van der Waals surface area (Å²) in [5, 5.41) is 6.50. The number of aromatic nitrogens is 2. The molecule has 0 aromatic carbocycles. The molecule has 6 nitrogen and oxygen atoms in total. The van der Waals surface area contributed by atoms with Crippen LogP contribution in [0.3, 0.4) is 0 Å². The highest BCUT2D eigenvalue weighted by atomic mass is 16.5. The molecule has 1 heterocycles. The molecule has 3 N–H and O–H groups in total. The highest BCUT2D eigenvalue weighted by Gasteiger charge is 1.97. The molecule has 6 heteroatoms. The fraction of sp³-hybridized carbons (Fsp3) is 0.500. The fourth-order valence-electron chi connectivity index (χ4n) is 0.682. The Kier molecular flexibility index (Phi) is 3.21. The van der Waals surface area contributed by atoms with Gasteiger partial charge < -0.3 is 15.6 Å². The van der Waals surface area contributed by atoms with Gasteiger partial charge in [-0.25, -0.2) is 0 Å². The third kappa shape index (κ3) is 3.11. The van der Waals surface area contributed by atoms with E-state index in [2.05, 4.69) is 20.0 Å². The van der Waals surface area contributed by atoms with Crippen LogP contribution < -0.4 is 11.1 Å². The Morgan fingerprint density at radius 3 is 3.17 bits per heavy atom. The van der Waals surface area contributed by atoms with Gasteiger partial charge in [0.2, 0.25) is 12.3 Å². The number of primary amides is 1. The molecule has 1 aromatic heterocycles. The molecule has 66 valence electrons. The highest BCUT2D eigenvalue weighted by Crippen LogP contribution is 1.86. The Labute approximate surface area is 69.1 Å². The zero-order valence-corrected chi connectivity index (χ0v) is 6.49. The van der Waals surface area contributed by atoms with Gasteiger partial charge in [-0.3, -0.25) is 4.79 Å². The molecular weight excluding hydrogens is 160 g/mol. The number of nitrogens with one attached hydrogen (secondary N) is 1. The number of nitrogens with two attached hydrogens (primary N) is 1. The van der Waals surface area contributed by atoms with Crippen LogP contribution in [0.25, 0.3) is 0 Å². The summed E-state index contributed by atoms with van der Waals surface area (Å²) >= 11 is 0. The van der Waals surface area contributed by atoms with E-state index in [1.54, 1.807) is 0 Å². The van der Waals surface area contributed by atoms with E-state index >= 15 is 0 Å². The van der Waals surface area contributed by atoms with Crippen LogP contribution in [-0.2, 0) is 11.3 Å². The molecule has 0 saturated heterocycles. The Morgan fingerprint density at radius 1 is 1.75 bits per heavy atom. The van der Waals surface area contributed by atoms with Gasteiger partial charge in [-0.2, -0.15) is 4.98 Å². The van der Waals surface area contributed by atoms with Gasteiger partial charge in [0.05, 0.1) is 6.54 Å². The molecule has 0 aliphatic carbocycles. The summed E-state index contributed by atoms with van der Waals surface area (Å²) in [7, 11) is 0. The Morgan fingerprint density at radius 2 is 2.58 bits per heavy atom. The van der Waals surface area contributed by atoms with Crippen LogP contribution in [0.2, 0.25) is 0 Å². The minimum absolute atomic E-state index is 0.317. The molecule has 0 saturated carbocycles. The zero-order valence-electron chi connectivity index (χ0n) is 6.49. The molecule has 0 atom stereocenters. The van der Waals surface area contributed by atoms with E-state index in [4.69, 9.17) is 5.73 Å². The number of nitrogens with zero attached hydrogens (tertiary/aromatic N) is 2. The first-order chi connectivity index (χ1) is 5.79. The molecule has 1 aromatic rings. The maximum absolute atomic E-state index is 10.3. The summed E-state index contributed by atoms with van der Waals surface area (Å²) in [5.74, 6) is 0.245. The van der Waals surface area contributed by atoms with Crippen LogP contribution in [0.1, 0.15) is 12.2 Å². The van der Waals surface area contributed by atoms with Crippen LogP contribution in [-0.4, -0.2) is 22.6 Å². The lowest BCUT2D eigenvalue weighted by Crippen LogP contribution is -2.21. The van der Waals surface area contributed by atoms with E-state index < -0.39 is 0 Å². The van der Waals surface area contributed by atoms with Crippen LogP contribution in [0, 0.1) is 0 Å². The van der Waals surface area contributed by atoms with Gasteiger partial charge in [-0.1, -0.05) is 5.16 Å². The summed E-state index contributed by atoms with van der Waals surface area (Å²) < 4.78 is 4.50. The average Bonchev–Trinajstić information content (AvgIpc) is 2.49. The molecule has 0 fully saturated rings. The molecule has 0 bridgehead atoms. The predicted molar refractivity (Wildman–Crippen MR) is 39.8 cm³/mol. The Hall–Kier alpha value is -1.43. The number of carbonyl (C=O) groups is 1. The summed E-state index contributed by atoms with van der Waals surface area (Å²) in [6, 6.07) is 0. The van der Waals surface area contributed by atoms with Crippen molar-refractivity contribution in [2.45, 2.75) is 13.0 Å². The first kappa shape index (κ1) is 8.66. The van der Waals surface area contributed by atoms with Crippen LogP contribution >= 0.6 is 0 Å². The van der Waals surface area contributed by atoms with E-state index in [-0.39, 0.29) is 5.91 Å². The van der Waals surface area contributed by atoms with Gasteiger partial charge in [-0.05, 0) is 0 Å². The van der Waals surface area contributed by atoms with Crippen LogP contribution in [0.5, 0.6) is 0 Å². The van der Waals surface area contributed by atoms with Crippen molar-refractivity contribution < 1.29 is 9.32 Å². The van der Waals surface area contributed by atoms with Crippen LogP contribution in [0.15, 0.2) is 10.9 Å². The summed E-state index contributed by atoms with van der Waals surface area (Å²) in [6.45, 7) is 1.02. The van der Waals surface area contributed by atoms with Crippen molar-refractivity contribution in [3.63, 3.8) is 0 Å². The third-order valence-corrected chi connectivity index (χ3v) is 1.24. The monoisotopic (exact) mass is 170 g/mol. The molecule has 1 rings (SSSR count). The molecule has 0 spiro atoms. The quantitative estimate of drug-likeness (QED) is 0.555. The predicted octanol–water partition coefficient (Wildman–Crippen LogP) is -0.965. The van der Waals surface area contributed by atoms with Gasteiger partial charge in [0.1, 0.15) is 0 Å². The highest BCUT2D eigenvalue weighted by molar-refractivity contribution is 5.73. The molecule has 0 aliphatic heterocycles. The van der Waals surface area contributed by atoms with Gasteiger partial charge >= 0.3 is 0 Å². The summed E-state index contributed by atoms with van der Waals surface area (Å²) in [5.41, 5.74) is 4.92. The topological polar surface area (TPSA) is 94.0 Å². The third-order valence-electron chi connectivity index (χ3n) is 1.24. The number of carbonyl (C=O) groups excluding carboxylic acids is 1. The second kappa shape index (κ2) is 4.45. The van der Waals surface area contributed by atoms with Crippen molar-refractivity contribution in [3.05, 3.63) is 12.2 Å². The van der Waals surface area contributed by atoms with Crippen molar-refractivity contribution >= 4 is 5.91 Å². The smallest absolute Gasteiger partial charge is 0.218 e. The lowest BCUT2D eigenvalue weighted by Gasteiger charge is -1.97. The lowest BCUT2D eigenvalue weighted by atomic mass is 10.4. The number of rotatable bonds is 5. The molecule has 0 radical (unpaired) electrons. The first-order valence-corrected chi connectivity index (χ1v) is 3.53. The van der Waals surface area contributed by atoms with Gasteiger partial charge in [0, 0.05) is 13.0 Å². The normalized spacial score (nSPS) is 10.0. The molecule has 0 aliphatic rings. The van der Waals surface area contributed by atoms with E-state index in [0.29, 0.717) is 25.3 Å². The standard InChI is InChI=1S/C6H10N4O2/c7-5(11)1-2-8-3-6-9-4-12-10-6/h4,8H,1-3H2,(H2,7,11). The van der Waals surface area contributed by atoms with Gasteiger partial charge in [0.25, 0.3) is 0 Å². The van der Waals surface area contributed by atoms with Crippen molar-refractivity contribution in [2.24, 2.45) is 5.73 Å². The number of amides is 1. The van der Waals surface area contributed by atoms with Gasteiger partial charge in [0.15, 0.2) is 5.82 Å². The van der Waals surface area contributed by atoms with Gasteiger partial charge in [-0.15, -0.1) is 0 Å². The molecule has 1 amide bonds. The average molecular weight is 170 g/mol. The maximum atomic E-state index is 10.3. The summed E-state index contributed by atoms with van der Waals surface area (Å²) in [6.07, 6.45) is 1.57. The molecular formula is C6H10N4O2. The largest absolute Gasteiger partial charge is 0.370 e. The minimum atomic E-state index is -0.324. The zero-order chi connectivity index (χ0) is 8.81. The SMILES string of the molecule is NC(=O)CCNCc1ncon1. The van der Waals surface area contributed by atoms with Crippen LogP contribution in [0.4, 0.5) is 0 Å². The first-order valence-electron chi connectivity index (χ1n) is 3.53. The van der Waals surface area contributed by atoms with E-state index in [9.17, 15) is 4.79 Å². The lowest BCUT2D eigenvalue weighted by molar-refractivity contribution is -0.117. The Bertz CT molecular complexity index is 234. The number of hydrogen-bond acceptors (Lipinski definition) is 5. The van der Waals surface area contributed by atoms with Crippen molar-refractivity contribution in [3.8, 4) is 0 Å². The Balaban J connectivity index is 2.07. The van der Waals surface area contributed by atoms with E-state index in [1.807, 2.05) is 0 Å².